The van der Waals surface area contributed by atoms with Gasteiger partial charge in [-0.2, -0.15) is 0 Å². The van der Waals surface area contributed by atoms with E-state index in [1.807, 2.05) is 60.7 Å². The van der Waals surface area contributed by atoms with E-state index in [2.05, 4.69) is 21.9 Å². The van der Waals surface area contributed by atoms with Crippen LogP contribution in [0.25, 0.3) is 0 Å². The van der Waals surface area contributed by atoms with Gasteiger partial charge in [0.1, 0.15) is 0 Å². The van der Waals surface area contributed by atoms with E-state index in [-0.39, 0.29) is 11.8 Å². The SMILES string of the molecule is Nc1cccc(C2CN(CCOCCOCCOCCN3Cc4c(Cl)cc(Cl)cc4C(c4cccc(N)c4)C3)Cc3c(Cl)cc(Cl)cc32)c1. The summed E-state index contributed by atoms with van der Waals surface area (Å²) >= 11 is 26.1. The van der Waals surface area contributed by atoms with Crippen LogP contribution in [0.3, 0.4) is 0 Å². The lowest BCUT2D eigenvalue weighted by Crippen LogP contribution is -2.36. The third-order valence-corrected chi connectivity index (χ3v) is 10.4. The summed E-state index contributed by atoms with van der Waals surface area (Å²) in [4.78, 5) is 4.73. The summed E-state index contributed by atoms with van der Waals surface area (Å²) < 4.78 is 17.6. The normalized spacial score (nSPS) is 18.0. The van der Waals surface area contributed by atoms with Gasteiger partial charge in [-0.25, -0.2) is 0 Å². The quantitative estimate of drug-likeness (QED) is 0.0998. The minimum Gasteiger partial charge on any atom is -0.399 e. The molecule has 11 heteroatoms. The van der Waals surface area contributed by atoms with Crippen LogP contribution in [0.4, 0.5) is 11.4 Å². The predicted molar refractivity (Wildman–Crippen MR) is 201 cm³/mol. The highest BCUT2D eigenvalue weighted by atomic mass is 35.5. The molecule has 4 aromatic rings. The molecule has 7 nitrogen and oxygen atoms in total. The van der Waals surface area contributed by atoms with Crippen molar-refractivity contribution in [1.82, 2.24) is 9.80 Å². The first-order valence-corrected chi connectivity index (χ1v) is 18.1. The van der Waals surface area contributed by atoms with Crippen molar-refractivity contribution in [3.63, 3.8) is 0 Å². The third kappa shape index (κ3) is 9.41. The number of hydrogen-bond acceptors (Lipinski definition) is 7. The maximum atomic E-state index is 6.65. The van der Waals surface area contributed by atoms with Crippen molar-refractivity contribution in [2.24, 2.45) is 0 Å². The first-order chi connectivity index (χ1) is 23.7. The molecule has 0 spiro atoms. The second-order valence-corrected chi connectivity index (χ2v) is 14.4. The second-order valence-electron chi connectivity index (χ2n) is 12.7. The molecular weight excluding hydrogens is 702 g/mol. The van der Waals surface area contributed by atoms with Crippen LogP contribution < -0.4 is 11.5 Å². The van der Waals surface area contributed by atoms with Gasteiger partial charge in [0.15, 0.2) is 0 Å². The van der Waals surface area contributed by atoms with Crippen molar-refractivity contribution >= 4 is 57.8 Å². The minimum absolute atomic E-state index is 0.124. The molecule has 0 aliphatic carbocycles. The Kier molecular flexibility index (Phi) is 12.6. The molecule has 6 rings (SSSR count). The van der Waals surface area contributed by atoms with Crippen LogP contribution in [0.15, 0.2) is 72.8 Å². The summed E-state index contributed by atoms with van der Waals surface area (Å²) in [7, 11) is 0. The van der Waals surface area contributed by atoms with E-state index in [9.17, 15) is 0 Å². The topological polar surface area (TPSA) is 86.2 Å². The zero-order valence-electron chi connectivity index (χ0n) is 27.4. The molecule has 4 aromatic carbocycles. The lowest BCUT2D eigenvalue weighted by Gasteiger charge is -2.35. The van der Waals surface area contributed by atoms with Crippen LogP contribution >= 0.6 is 46.4 Å². The molecule has 2 heterocycles. The molecule has 0 bridgehead atoms. The summed E-state index contributed by atoms with van der Waals surface area (Å²) in [5, 5.41) is 2.67. The Balaban J connectivity index is 0.893. The van der Waals surface area contributed by atoms with E-state index in [0.29, 0.717) is 59.7 Å². The van der Waals surface area contributed by atoms with Gasteiger partial charge in [-0.1, -0.05) is 70.7 Å². The Bertz CT molecular complexity index is 1620. The van der Waals surface area contributed by atoms with Gasteiger partial charge in [0, 0.05) is 82.6 Å². The largest absolute Gasteiger partial charge is 0.399 e. The van der Waals surface area contributed by atoms with Crippen molar-refractivity contribution in [2.45, 2.75) is 24.9 Å². The van der Waals surface area contributed by atoms with Gasteiger partial charge < -0.3 is 25.7 Å². The first kappa shape index (κ1) is 36.2. The van der Waals surface area contributed by atoms with E-state index in [0.717, 1.165) is 84.0 Å². The molecule has 0 aromatic heterocycles. The number of ether oxygens (including phenoxy) is 3. The average molecular weight is 745 g/mol. The lowest BCUT2D eigenvalue weighted by molar-refractivity contribution is 0.00568. The monoisotopic (exact) mass is 742 g/mol. The molecule has 260 valence electrons. The highest BCUT2D eigenvalue weighted by Gasteiger charge is 2.30. The zero-order chi connectivity index (χ0) is 34.3. The Labute approximate surface area is 308 Å². The average Bonchev–Trinajstić information content (AvgIpc) is 3.07. The fourth-order valence-electron chi connectivity index (χ4n) is 6.88. The van der Waals surface area contributed by atoms with Crippen molar-refractivity contribution in [2.75, 3.05) is 77.3 Å². The Morgan fingerprint density at radius 2 is 0.959 bits per heavy atom. The molecule has 2 unspecified atom stereocenters. The molecule has 2 aliphatic heterocycles. The van der Waals surface area contributed by atoms with E-state index < -0.39 is 0 Å². The van der Waals surface area contributed by atoms with Gasteiger partial charge in [0.05, 0.1) is 39.6 Å². The molecule has 2 aliphatic rings. The Hall–Kier alpha value is -2.56. The van der Waals surface area contributed by atoms with Gasteiger partial charge in [-0.05, 0) is 81.9 Å². The number of halogens is 4. The Morgan fingerprint density at radius 3 is 1.37 bits per heavy atom. The van der Waals surface area contributed by atoms with Gasteiger partial charge in [0.25, 0.3) is 0 Å². The molecule has 0 amide bonds. The molecule has 0 saturated carbocycles. The van der Waals surface area contributed by atoms with Crippen LogP contribution in [0, 0.1) is 0 Å². The van der Waals surface area contributed by atoms with Crippen LogP contribution in [-0.4, -0.2) is 75.6 Å². The summed E-state index contributed by atoms with van der Waals surface area (Å²) in [6.45, 7) is 7.94. The van der Waals surface area contributed by atoms with E-state index >= 15 is 0 Å². The fourth-order valence-corrected chi connectivity index (χ4v) is 8.02. The Morgan fingerprint density at radius 1 is 0.551 bits per heavy atom. The molecule has 0 saturated heterocycles. The maximum Gasteiger partial charge on any atom is 0.0701 e. The maximum absolute atomic E-state index is 6.65. The van der Waals surface area contributed by atoms with Gasteiger partial charge in [-0.15, -0.1) is 0 Å². The van der Waals surface area contributed by atoms with Crippen molar-refractivity contribution in [1.29, 1.82) is 0 Å². The molecule has 4 N–H and O–H groups in total. The van der Waals surface area contributed by atoms with Crippen LogP contribution in [0.2, 0.25) is 20.1 Å². The first-order valence-electron chi connectivity index (χ1n) is 16.6. The van der Waals surface area contributed by atoms with Crippen molar-refractivity contribution in [3.8, 4) is 0 Å². The number of nitrogens with two attached hydrogens (primary N) is 2. The smallest absolute Gasteiger partial charge is 0.0701 e. The molecule has 2 atom stereocenters. The van der Waals surface area contributed by atoms with Gasteiger partial charge in [0.2, 0.25) is 0 Å². The standard InChI is InChI=1S/C38H42Cl4N4O3/c39-27-17-31-33(25-3-1-5-29(43)15-25)21-45(23-35(31)37(41)19-27)7-9-47-11-13-49-14-12-48-10-8-46-22-34(26-4-2-6-30(44)16-26)32-18-28(40)20-38(42)36(32)24-46/h1-6,15-20,33-34H,7-14,21-24,43-44H2. The number of hydrogen-bond donors (Lipinski definition) is 2. The zero-order valence-corrected chi connectivity index (χ0v) is 30.4. The third-order valence-electron chi connectivity index (χ3n) is 9.26. The summed E-state index contributed by atoms with van der Waals surface area (Å²) in [6.07, 6.45) is 0. The number of benzene rings is 4. The van der Waals surface area contributed by atoms with Crippen molar-refractivity contribution in [3.05, 3.63) is 126 Å². The van der Waals surface area contributed by atoms with Crippen LogP contribution in [-0.2, 0) is 27.3 Å². The van der Waals surface area contributed by atoms with E-state index in [1.165, 1.54) is 0 Å². The van der Waals surface area contributed by atoms with E-state index in [1.54, 1.807) is 0 Å². The van der Waals surface area contributed by atoms with E-state index in [4.69, 9.17) is 72.1 Å². The highest BCUT2D eigenvalue weighted by Crippen LogP contribution is 2.40. The van der Waals surface area contributed by atoms with Gasteiger partial charge >= 0.3 is 0 Å². The number of anilines is 2. The van der Waals surface area contributed by atoms with Crippen molar-refractivity contribution < 1.29 is 14.2 Å². The van der Waals surface area contributed by atoms with Crippen LogP contribution in [0.5, 0.6) is 0 Å². The van der Waals surface area contributed by atoms with Gasteiger partial charge in [-0.3, -0.25) is 9.80 Å². The molecule has 49 heavy (non-hydrogen) atoms. The number of nitrogens with zero attached hydrogens (tertiary/aromatic N) is 2. The molecule has 0 radical (unpaired) electrons. The highest BCUT2D eigenvalue weighted by molar-refractivity contribution is 6.35. The predicted octanol–water partition coefficient (Wildman–Crippen LogP) is 8.11. The summed E-state index contributed by atoms with van der Waals surface area (Å²) in [5.41, 5.74) is 20.5. The molecular formula is C38H42Cl4N4O3. The number of fused-ring (bicyclic) bond motifs is 2. The number of nitrogen functional groups attached to an aromatic ring is 2. The molecule has 0 fully saturated rings. The summed E-state index contributed by atoms with van der Waals surface area (Å²) in [6, 6.07) is 23.8. The van der Waals surface area contributed by atoms with Crippen LogP contribution in [0.1, 0.15) is 45.2 Å². The fraction of sp³-hybridized carbons (Fsp3) is 0.368. The lowest BCUT2D eigenvalue weighted by atomic mass is 9.84. The number of rotatable bonds is 14. The summed E-state index contributed by atoms with van der Waals surface area (Å²) in [5.74, 6) is 0.248. The minimum atomic E-state index is 0.124. The second kappa shape index (κ2) is 17.1.